The number of carbonyl (C=O) groups excluding carboxylic acids is 3. The Morgan fingerprint density at radius 1 is 0.745 bits per heavy atom. The van der Waals surface area contributed by atoms with Crippen molar-refractivity contribution in [2.75, 3.05) is 46.2 Å². The average Bonchev–Trinajstić information content (AvgIpc) is 3.08. The summed E-state index contributed by atoms with van der Waals surface area (Å²) in [4.78, 5) is 35.7. The lowest BCUT2D eigenvalue weighted by Crippen LogP contribution is -2.43. The number of hydrogen-bond donors (Lipinski definition) is 0. The topological polar surface area (TPSA) is 107 Å². The molecule has 0 amide bonds. The molecule has 0 atom stereocenters. The van der Waals surface area contributed by atoms with Crippen LogP contribution in [0.4, 0.5) is 0 Å². The fraction of sp³-hybridized carbons (Fsp3) is 0.342. The highest BCUT2D eigenvalue weighted by molar-refractivity contribution is 5.91. The molecule has 0 saturated carbocycles. The van der Waals surface area contributed by atoms with Gasteiger partial charge in [0.1, 0.15) is 11.5 Å². The summed E-state index contributed by atoms with van der Waals surface area (Å²) < 4.78 is 32.3. The zero-order valence-corrected chi connectivity index (χ0v) is 26.8. The summed E-state index contributed by atoms with van der Waals surface area (Å²) in [6, 6.07) is 21.8. The van der Waals surface area contributed by atoms with Gasteiger partial charge in [0.05, 0.1) is 45.2 Å². The third kappa shape index (κ3) is 12.2. The fourth-order valence-electron chi connectivity index (χ4n) is 4.52. The van der Waals surface area contributed by atoms with Gasteiger partial charge < -0.3 is 28.4 Å². The summed E-state index contributed by atoms with van der Waals surface area (Å²) in [6.45, 7) is 9.50. The van der Waals surface area contributed by atoms with Crippen LogP contribution in [0.3, 0.4) is 0 Å². The van der Waals surface area contributed by atoms with Gasteiger partial charge in [0, 0.05) is 24.2 Å². The van der Waals surface area contributed by atoms with Gasteiger partial charge in [-0.05, 0) is 84.8 Å². The van der Waals surface area contributed by atoms with Gasteiger partial charge in [-0.2, -0.15) is 0 Å². The van der Waals surface area contributed by atoms with Gasteiger partial charge >= 0.3 is 17.9 Å². The van der Waals surface area contributed by atoms with E-state index in [-0.39, 0.29) is 11.4 Å². The molecule has 248 valence electrons. The fourth-order valence-corrected chi connectivity index (χ4v) is 4.52. The minimum Gasteiger partial charge on any atom is -0.494 e. The van der Waals surface area contributed by atoms with Gasteiger partial charge in [-0.3, -0.25) is 0 Å². The van der Waals surface area contributed by atoms with Gasteiger partial charge in [0.15, 0.2) is 0 Å². The molecule has 1 heterocycles. The summed E-state index contributed by atoms with van der Waals surface area (Å²) in [5.74, 6) is -0.217. The van der Waals surface area contributed by atoms with Crippen molar-refractivity contribution >= 4 is 24.0 Å². The van der Waals surface area contributed by atoms with Gasteiger partial charge in [0.2, 0.25) is 0 Å². The number of benzene rings is 3. The molecule has 1 saturated heterocycles. The van der Waals surface area contributed by atoms with Crippen LogP contribution in [0.25, 0.3) is 17.2 Å². The number of esters is 3. The monoisotopic (exact) mass is 642 g/mol. The van der Waals surface area contributed by atoms with Crippen LogP contribution in [0.15, 0.2) is 91.5 Å². The lowest BCUT2D eigenvalue weighted by Gasteiger charge is -2.37. The van der Waals surface area contributed by atoms with E-state index in [1.807, 2.05) is 36.4 Å². The van der Waals surface area contributed by atoms with Crippen molar-refractivity contribution in [2.45, 2.75) is 32.6 Å². The standard InChI is InChI=1S/C38H42O9/c1-3-35(39)45-24-7-6-23-44-33-17-15-32(16-18-33)37(41)47-34-19-13-31(14-20-34)30-11-8-29(9-12-30)10-21-36(40)46-25-5-4-22-42-26-38(2)27-43-28-38/h3,8-21H,1,4-7,22-28H2,2H3/b21-10+. The van der Waals surface area contributed by atoms with E-state index in [4.69, 9.17) is 28.4 Å². The van der Waals surface area contributed by atoms with Crippen molar-refractivity contribution < 1.29 is 42.8 Å². The zero-order valence-electron chi connectivity index (χ0n) is 26.8. The predicted molar refractivity (Wildman–Crippen MR) is 178 cm³/mol. The van der Waals surface area contributed by atoms with Crippen molar-refractivity contribution in [3.63, 3.8) is 0 Å². The lowest BCUT2D eigenvalue weighted by molar-refractivity contribution is -0.140. The second kappa shape index (κ2) is 18.4. The van der Waals surface area contributed by atoms with Crippen LogP contribution >= 0.6 is 0 Å². The molecule has 0 unspecified atom stereocenters. The number of unbranched alkanes of at least 4 members (excludes halogenated alkanes) is 2. The third-order valence-corrected chi connectivity index (χ3v) is 7.31. The van der Waals surface area contributed by atoms with E-state index in [9.17, 15) is 14.4 Å². The van der Waals surface area contributed by atoms with Crippen molar-refractivity contribution in [3.8, 4) is 22.6 Å². The van der Waals surface area contributed by atoms with Crippen LogP contribution in [-0.4, -0.2) is 64.2 Å². The van der Waals surface area contributed by atoms with E-state index >= 15 is 0 Å². The largest absolute Gasteiger partial charge is 0.494 e. The van der Waals surface area contributed by atoms with Gasteiger partial charge in [-0.15, -0.1) is 0 Å². The van der Waals surface area contributed by atoms with Gasteiger partial charge in [-0.25, -0.2) is 14.4 Å². The Kier molecular flexibility index (Phi) is 13.8. The molecule has 3 aromatic rings. The van der Waals surface area contributed by atoms with Crippen LogP contribution in [0.2, 0.25) is 0 Å². The Labute approximate surface area is 276 Å². The van der Waals surface area contributed by atoms with E-state index in [1.165, 1.54) is 6.08 Å². The zero-order chi connectivity index (χ0) is 33.3. The summed E-state index contributed by atoms with van der Waals surface area (Å²) in [5.41, 5.74) is 3.37. The first-order valence-corrected chi connectivity index (χ1v) is 15.8. The Hall–Kier alpha value is -4.73. The maximum atomic E-state index is 12.6. The molecule has 0 N–H and O–H groups in total. The SMILES string of the molecule is C=CC(=O)OCCCCOc1ccc(C(=O)Oc2ccc(-c3ccc(/C=C/C(=O)OCCCCOCC4(C)COC4)cc3)cc2)cc1. The first kappa shape index (κ1) is 35.1. The molecule has 4 rings (SSSR count). The van der Waals surface area contributed by atoms with Crippen LogP contribution in [0, 0.1) is 5.41 Å². The minimum absolute atomic E-state index is 0.152. The molecule has 9 nitrogen and oxygen atoms in total. The smallest absolute Gasteiger partial charge is 0.343 e. The summed E-state index contributed by atoms with van der Waals surface area (Å²) >= 11 is 0. The quantitative estimate of drug-likeness (QED) is 0.0601. The first-order valence-electron chi connectivity index (χ1n) is 15.8. The first-order chi connectivity index (χ1) is 22.8. The number of ether oxygens (including phenoxy) is 6. The van der Waals surface area contributed by atoms with E-state index in [0.29, 0.717) is 56.5 Å². The molecule has 0 radical (unpaired) electrons. The van der Waals surface area contributed by atoms with E-state index in [0.717, 1.165) is 55.2 Å². The molecule has 0 aliphatic carbocycles. The number of carbonyl (C=O) groups is 3. The Balaban J connectivity index is 1.13. The van der Waals surface area contributed by atoms with E-state index in [2.05, 4.69) is 13.5 Å². The van der Waals surface area contributed by atoms with Crippen LogP contribution in [0.5, 0.6) is 11.5 Å². The van der Waals surface area contributed by atoms with Crippen molar-refractivity contribution in [1.82, 2.24) is 0 Å². The van der Waals surface area contributed by atoms with Crippen molar-refractivity contribution in [1.29, 1.82) is 0 Å². The Morgan fingerprint density at radius 3 is 1.94 bits per heavy atom. The van der Waals surface area contributed by atoms with Crippen molar-refractivity contribution in [2.24, 2.45) is 5.41 Å². The molecular weight excluding hydrogens is 600 g/mol. The van der Waals surface area contributed by atoms with Gasteiger partial charge in [-0.1, -0.05) is 49.9 Å². The van der Waals surface area contributed by atoms with Crippen LogP contribution in [-0.2, 0) is 28.5 Å². The minimum atomic E-state index is -0.471. The molecule has 1 aliphatic rings. The second-order valence-corrected chi connectivity index (χ2v) is 11.6. The molecule has 0 bridgehead atoms. The highest BCUT2D eigenvalue weighted by atomic mass is 16.5. The molecule has 47 heavy (non-hydrogen) atoms. The molecule has 9 heteroatoms. The highest BCUT2D eigenvalue weighted by Gasteiger charge is 2.33. The normalized spacial score (nSPS) is 13.4. The third-order valence-electron chi connectivity index (χ3n) is 7.31. The maximum Gasteiger partial charge on any atom is 0.343 e. The molecule has 3 aromatic carbocycles. The van der Waals surface area contributed by atoms with Crippen LogP contribution in [0.1, 0.15) is 48.5 Å². The van der Waals surface area contributed by atoms with Crippen LogP contribution < -0.4 is 9.47 Å². The molecule has 0 aromatic heterocycles. The molecule has 0 spiro atoms. The maximum absolute atomic E-state index is 12.6. The summed E-state index contributed by atoms with van der Waals surface area (Å²) in [5, 5.41) is 0. The highest BCUT2D eigenvalue weighted by Crippen LogP contribution is 2.27. The predicted octanol–water partition coefficient (Wildman–Crippen LogP) is 6.85. The Morgan fingerprint density at radius 2 is 1.32 bits per heavy atom. The lowest BCUT2D eigenvalue weighted by atomic mass is 9.90. The molecule has 1 fully saturated rings. The van der Waals surface area contributed by atoms with Crippen molar-refractivity contribution in [3.05, 3.63) is 103 Å². The van der Waals surface area contributed by atoms with E-state index in [1.54, 1.807) is 42.5 Å². The van der Waals surface area contributed by atoms with Gasteiger partial charge in [0.25, 0.3) is 0 Å². The number of rotatable bonds is 19. The van der Waals surface area contributed by atoms with E-state index < -0.39 is 11.9 Å². The second-order valence-electron chi connectivity index (χ2n) is 11.6. The summed E-state index contributed by atoms with van der Waals surface area (Å²) in [6.07, 6.45) is 7.28. The molecular formula is C38H42O9. The number of hydrogen-bond acceptors (Lipinski definition) is 9. The summed E-state index contributed by atoms with van der Waals surface area (Å²) in [7, 11) is 0. The molecule has 1 aliphatic heterocycles. The average molecular weight is 643 g/mol. The Bertz CT molecular complexity index is 1470.